The van der Waals surface area contributed by atoms with Crippen molar-refractivity contribution in [1.82, 2.24) is 16.0 Å². The van der Waals surface area contributed by atoms with E-state index in [1.165, 1.54) is 6.92 Å². The van der Waals surface area contributed by atoms with Gasteiger partial charge in [-0.1, -0.05) is 13.8 Å². The molecule has 4 amide bonds. The molecule has 0 aliphatic rings. The fourth-order valence-corrected chi connectivity index (χ4v) is 2.56. The van der Waals surface area contributed by atoms with Crippen LogP contribution < -0.4 is 27.4 Å². The van der Waals surface area contributed by atoms with Gasteiger partial charge in [0, 0.05) is 12.2 Å². The van der Waals surface area contributed by atoms with Crippen LogP contribution >= 0.6 is 12.6 Å². The van der Waals surface area contributed by atoms with Crippen LogP contribution in [0.1, 0.15) is 40.0 Å². The molecule has 0 aromatic rings. The van der Waals surface area contributed by atoms with Gasteiger partial charge in [-0.15, -0.1) is 0 Å². The summed E-state index contributed by atoms with van der Waals surface area (Å²) in [7, 11) is 0. The van der Waals surface area contributed by atoms with Crippen molar-refractivity contribution in [3.05, 3.63) is 0 Å². The largest absolute Gasteiger partial charge is 0.480 e. The Labute approximate surface area is 175 Å². The van der Waals surface area contributed by atoms with E-state index < -0.39 is 53.8 Å². The van der Waals surface area contributed by atoms with E-state index in [1.54, 1.807) is 0 Å². The highest BCUT2D eigenvalue weighted by Gasteiger charge is 2.28. The fourth-order valence-electron chi connectivity index (χ4n) is 2.31. The van der Waals surface area contributed by atoms with Crippen molar-refractivity contribution in [3.8, 4) is 0 Å². The Balaban J connectivity index is 5.05. The van der Waals surface area contributed by atoms with Gasteiger partial charge < -0.3 is 32.5 Å². The molecule has 11 nitrogen and oxygen atoms in total. The topological polar surface area (TPSA) is 194 Å². The second-order valence-corrected chi connectivity index (χ2v) is 7.48. The van der Waals surface area contributed by atoms with Gasteiger partial charge in [0.2, 0.25) is 23.6 Å². The van der Waals surface area contributed by atoms with Crippen LogP contribution in [0.25, 0.3) is 0 Å². The van der Waals surface area contributed by atoms with Gasteiger partial charge in [-0.25, -0.2) is 4.79 Å². The third-order valence-electron chi connectivity index (χ3n) is 3.92. The first-order chi connectivity index (χ1) is 13.4. The monoisotopic (exact) mass is 433 g/mol. The molecule has 0 rings (SSSR count). The van der Waals surface area contributed by atoms with Crippen LogP contribution in [0.2, 0.25) is 0 Å². The first-order valence-electron chi connectivity index (χ1n) is 9.17. The van der Waals surface area contributed by atoms with Crippen LogP contribution in [0.4, 0.5) is 0 Å². The zero-order valence-corrected chi connectivity index (χ0v) is 17.7. The highest BCUT2D eigenvalue weighted by Crippen LogP contribution is 2.05. The standard InChI is InChI=1S/C17H31N5O6S/c1-8(2)6-10(18)15(25)21-11(4-5-13(19)23)16(26)20-9(3)14(24)22-12(7-29)17(27)28/h8-12,29H,4-7,18H2,1-3H3,(H2,19,23)(H,20,26)(H,21,25)(H,22,24)(H,27,28). The number of aliphatic carboxylic acids is 1. The van der Waals surface area contributed by atoms with Gasteiger partial charge in [0.15, 0.2) is 0 Å². The molecule has 0 aromatic heterocycles. The molecule has 4 atom stereocenters. The van der Waals surface area contributed by atoms with Crippen molar-refractivity contribution in [2.75, 3.05) is 5.75 Å². The summed E-state index contributed by atoms with van der Waals surface area (Å²) in [6.07, 6.45) is 0.151. The zero-order valence-electron chi connectivity index (χ0n) is 16.8. The molecule has 0 bridgehead atoms. The second kappa shape index (κ2) is 13.0. The molecule has 12 heteroatoms. The molecule has 0 aliphatic carbocycles. The van der Waals surface area contributed by atoms with Gasteiger partial charge in [0.05, 0.1) is 6.04 Å². The third-order valence-corrected chi connectivity index (χ3v) is 4.29. The highest BCUT2D eigenvalue weighted by molar-refractivity contribution is 7.80. The lowest BCUT2D eigenvalue weighted by atomic mass is 10.0. The number of carboxylic acid groups (broad SMARTS) is 1. The predicted octanol–water partition coefficient (Wildman–Crippen LogP) is -1.89. The second-order valence-electron chi connectivity index (χ2n) is 7.11. The molecule has 0 saturated heterocycles. The molecule has 8 N–H and O–H groups in total. The van der Waals surface area contributed by atoms with Crippen molar-refractivity contribution in [2.24, 2.45) is 17.4 Å². The van der Waals surface area contributed by atoms with Crippen molar-refractivity contribution in [1.29, 1.82) is 0 Å². The normalized spacial score (nSPS) is 15.0. The first-order valence-corrected chi connectivity index (χ1v) is 9.80. The van der Waals surface area contributed by atoms with Crippen LogP contribution in [0.15, 0.2) is 0 Å². The number of carboxylic acids is 1. The van der Waals surface area contributed by atoms with E-state index >= 15 is 0 Å². The van der Waals surface area contributed by atoms with Gasteiger partial charge in [0.25, 0.3) is 0 Å². The van der Waals surface area contributed by atoms with E-state index in [-0.39, 0.29) is 24.5 Å². The maximum atomic E-state index is 12.5. The Morgan fingerprint density at radius 3 is 1.93 bits per heavy atom. The number of primary amides is 1. The molecule has 0 heterocycles. The minimum Gasteiger partial charge on any atom is -0.480 e. The Morgan fingerprint density at radius 1 is 0.931 bits per heavy atom. The predicted molar refractivity (Wildman–Crippen MR) is 109 cm³/mol. The number of hydrogen-bond donors (Lipinski definition) is 7. The first kappa shape index (κ1) is 26.7. The summed E-state index contributed by atoms with van der Waals surface area (Å²) >= 11 is 3.84. The van der Waals surface area contributed by atoms with Crippen LogP contribution in [0.5, 0.6) is 0 Å². The van der Waals surface area contributed by atoms with E-state index in [9.17, 15) is 24.0 Å². The minimum absolute atomic E-state index is 0.0793. The van der Waals surface area contributed by atoms with Gasteiger partial charge in [-0.3, -0.25) is 19.2 Å². The summed E-state index contributed by atoms with van der Waals surface area (Å²) in [6.45, 7) is 5.13. The summed E-state index contributed by atoms with van der Waals surface area (Å²) in [5.41, 5.74) is 10.9. The molecule has 0 fully saturated rings. The summed E-state index contributed by atoms with van der Waals surface area (Å²) in [6, 6.07) is -4.29. The highest BCUT2D eigenvalue weighted by atomic mass is 32.1. The molecular weight excluding hydrogens is 402 g/mol. The van der Waals surface area contributed by atoms with E-state index in [4.69, 9.17) is 16.6 Å². The van der Waals surface area contributed by atoms with E-state index in [2.05, 4.69) is 28.6 Å². The number of nitrogens with one attached hydrogen (secondary N) is 3. The van der Waals surface area contributed by atoms with E-state index in [0.717, 1.165) is 0 Å². The molecule has 0 aliphatic heterocycles. The lowest BCUT2D eigenvalue weighted by Gasteiger charge is -2.23. The van der Waals surface area contributed by atoms with Crippen molar-refractivity contribution in [3.63, 3.8) is 0 Å². The molecule has 0 saturated carbocycles. The van der Waals surface area contributed by atoms with Gasteiger partial charge in [0.1, 0.15) is 18.1 Å². The zero-order chi connectivity index (χ0) is 22.7. The summed E-state index contributed by atoms with van der Waals surface area (Å²) in [5, 5.41) is 16.0. The average Bonchev–Trinajstić information content (AvgIpc) is 2.61. The maximum Gasteiger partial charge on any atom is 0.327 e. The summed E-state index contributed by atoms with van der Waals surface area (Å²) < 4.78 is 0. The molecule has 0 spiro atoms. The smallest absolute Gasteiger partial charge is 0.327 e. The number of nitrogens with two attached hydrogens (primary N) is 2. The van der Waals surface area contributed by atoms with Crippen LogP contribution in [-0.2, 0) is 24.0 Å². The third kappa shape index (κ3) is 10.7. The number of amides is 4. The molecule has 166 valence electrons. The van der Waals surface area contributed by atoms with Gasteiger partial charge >= 0.3 is 5.97 Å². The summed E-state index contributed by atoms with van der Waals surface area (Å²) in [5.74, 6) is -3.93. The van der Waals surface area contributed by atoms with Crippen molar-refractivity contribution >= 4 is 42.2 Å². The SMILES string of the molecule is CC(C)CC(N)C(=O)NC(CCC(N)=O)C(=O)NC(C)C(=O)NC(CS)C(=O)O. The lowest BCUT2D eigenvalue weighted by Crippen LogP contribution is -2.56. The van der Waals surface area contributed by atoms with Gasteiger partial charge in [-0.05, 0) is 25.7 Å². The molecule has 29 heavy (non-hydrogen) atoms. The quantitative estimate of drug-likeness (QED) is 0.165. The Morgan fingerprint density at radius 2 is 1.48 bits per heavy atom. The minimum atomic E-state index is -1.27. The molecular formula is C17H31N5O6S. The number of thiol groups is 1. The lowest BCUT2D eigenvalue weighted by molar-refractivity contribution is -0.141. The van der Waals surface area contributed by atoms with E-state index in [1.807, 2.05) is 13.8 Å². The number of hydrogen-bond acceptors (Lipinski definition) is 7. The number of rotatable bonds is 13. The Bertz CT molecular complexity index is 615. The maximum absolute atomic E-state index is 12.5. The number of carbonyl (C=O) groups excluding carboxylic acids is 4. The average molecular weight is 434 g/mol. The Kier molecular flexibility index (Phi) is 11.9. The van der Waals surface area contributed by atoms with Crippen LogP contribution in [-0.4, -0.2) is 64.6 Å². The number of carbonyl (C=O) groups is 5. The van der Waals surface area contributed by atoms with Crippen LogP contribution in [0.3, 0.4) is 0 Å². The van der Waals surface area contributed by atoms with Crippen molar-refractivity contribution < 1.29 is 29.1 Å². The van der Waals surface area contributed by atoms with E-state index in [0.29, 0.717) is 6.42 Å². The van der Waals surface area contributed by atoms with Crippen LogP contribution in [0, 0.1) is 5.92 Å². The molecule has 0 radical (unpaired) electrons. The molecule has 4 unspecified atom stereocenters. The van der Waals surface area contributed by atoms with Crippen molar-refractivity contribution in [2.45, 2.75) is 64.2 Å². The molecule has 0 aromatic carbocycles. The fraction of sp³-hybridized carbons (Fsp3) is 0.706. The van der Waals surface area contributed by atoms with Gasteiger partial charge in [-0.2, -0.15) is 12.6 Å². The Hall–Kier alpha value is -2.34. The summed E-state index contributed by atoms with van der Waals surface area (Å²) in [4.78, 5) is 58.9.